The minimum absolute atomic E-state index is 0.198. The maximum absolute atomic E-state index is 13.6. The molecule has 1 amide bonds. The maximum Gasteiger partial charge on any atom is 0.255 e. The van der Waals surface area contributed by atoms with Crippen LogP contribution in [0.3, 0.4) is 0 Å². The molecular formula is C20H21BrFNO3. The van der Waals surface area contributed by atoms with Gasteiger partial charge in [-0.2, -0.15) is 0 Å². The lowest BCUT2D eigenvalue weighted by atomic mass is 9.74. The SMILES string of the molecule is COc1ccc(F)cc1C(=O)NCC1(c2cccc(Br)c2)CCOCC1. The minimum Gasteiger partial charge on any atom is -0.496 e. The average Bonchev–Trinajstić information content (AvgIpc) is 2.67. The molecule has 1 aliphatic heterocycles. The molecule has 3 rings (SSSR count). The summed E-state index contributed by atoms with van der Waals surface area (Å²) in [6.45, 7) is 1.74. The number of halogens is 2. The molecule has 138 valence electrons. The number of carbonyl (C=O) groups excluding carboxylic acids is 1. The zero-order valence-corrected chi connectivity index (χ0v) is 16.1. The van der Waals surface area contributed by atoms with Crippen LogP contribution in [0.4, 0.5) is 4.39 Å². The highest BCUT2D eigenvalue weighted by Gasteiger charge is 2.35. The molecule has 1 saturated heterocycles. The first-order chi connectivity index (χ1) is 12.5. The molecule has 1 heterocycles. The summed E-state index contributed by atoms with van der Waals surface area (Å²) in [4.78, 5) is 12.7. The highest BCUT2D eigenvalue weighted by atomic mass is 79.9. The molecule has 4 nitrogen and oxygen atoms in total. The standard InChI is InChI=1S/C20H21BrFNO3/c1-25-18-6-5-16(22)12-17(18)19(24)23-13-20(7-9-26-10-8-20)14-3-2-4-15(21)11-14/h2-6,11-12H,7-10,13H2,1H3,(H,23,24). The third kappa shape index (κ3) is 4.07. The van der Waals surface area contributed by atoms with Crippen molar-refractivity contribution >= 4 is 21.8 Å². The highest BCUT2D eigenvalue weighted by Crippen LogP contribution is 2.35. The molecular weight excluding hydrogens is 401 g/mol. The van der Waals surface area contributed by atoms with Gasteiger partial charge in [-0.25, -0.2) is 4.39 Å². The Labute approximate surface area is 160 Å². The first-order valence-corrected chi connectivity index (χ1v) is 9.29. The van der Waals surface area contributed by atoms with Gasteiger partial charge in [0, 0.05) is 29.6 Å². The van der Waals surface area contributed by atoms with E-state index >= 15 is 0 Å². The van der Waals surface area contributed by atoms with Crippen molar-refractivity contribution < 1.29 is 18.7 Å². The van der Waals surface area contributed by atoms with Crippen LogP contribution in [0, 0.1) is 5.82 Å². The molecule has 1 fully saturated rings. The van der Waals surface area contributed by atoms with Crippen LogP contribution in [0.2, 0.25) is 0 Å². The second-order valence-corrected chi connectivity index (χ2v) is 7.35. The van der Waals surface area contributed by atoms with E-state index in [1.165, 1.54) is 25.3 Å². The first-order valence-electron chi connectivity index (χ1n) is 8.50. The van der Waals surface area contributed by atoms with Gasteiger partial charge in [-0.05, 0) is 48.7 Å². The summed E-state index contributed by atoms with van der Waals surface area (Å²) in [5, 5.41) is 2.97. The Hall–Kier alpha value is -1.92. The molecule has 0 atom stereocenters. The van der Waals surface area contributed by atoms with Crippen LogP contribution in [0.5, 0.6) is 5.75 Å². The molecule has 1 aliphatic rings. The maximum atomic E-state index is 13.6. The van der Waals surface area contributed by atoms with Gasteiger partial charge in [0.05, 0.1) is 12.7 Å². The number of rotatable bonds is 5. The molecule has 0 aromatic heterocycles. The smallest absolute Gasteiger partial charge is 0.255 e. The van der Waals surface area contributed by atoms with Crippen LogP contribution in [0.1, 0.15) is 28.8 Å². The molecule has 0 radical (unpaired) electrons. The van der Waals surface area contributed by atoms with Crippen molar-refractivity contribution in [1.29, 1.82) is 0 Å². The van der Waals surface area contributed by atoms with E-state index in [0.717, 1.165) is 22.9 Å². The Morgan fingerprint density at radius 1 is 1.27 bits per heavy atom. The number of nitrogens with one attached hydrogen (secondary N) is 1. The van der Waals surface area contributed by atoms with Crippen molar-refractivity contribution in [2.75, 3.05) is 26.9 Å². The summed E-state index contributed by atoms with van der Waals surface area (Å²) < 4.78 is 25.3. The van der Waals surface area contributed by atoms with Crippen LogP contribution in [0.25, 0.3) is 0 Å². The second-order valence-electron chi connectivity index (χ2n) is 6.43. The molecule has 6 heteroatoms. The summed E-state index contributed by atoms with van der Waals surface area (Å²) in [5.74, 6) is -0.460. The van der Waals surface area contributed by atoms with Crippen LogP contribution in [0.15, 0.2) is 46.9 Å². The summed E-state index contributed by atoms with van der Waals surface area (Å²) in [5.41, 5.74) is 1.14. The van der Waals surface area contributed by atoms with Gasteiger partial charge >= 0.3 is 0 Å². The van der Waals surface area contributed by atoms with Gasteiger partial charge < -0.3 is 14.8 Å². The van der Waals surface area contributed by atoms with Crippen molar-refractivity contribution in [3.05, 3.63) is 63.9 Å². The van der Waals surface area contributed by atoms with E-state index in [1.54, 1.807) is 0 Å². The highest BCUT2D eigenvalue weighted by molar-refractivity contribution is 9.10. The summed E-state index contributed by atoms with van der Waals surface area (Å²) in [7, 11) is 1.46. The van der Waals surface area contributed by atoms with E-state index in [9.17, 15) is 9.18 Å². The van der Waals surface area contributed by atoms with E-state index < -0.39 is 5.82 Å². The summed E-state index contributed by atoms with van der Waals surface area (Å²) in [6, 6.07) is 12.1. The number of benzene rings is 2. The summed E-state index contributed by atoms with van der Waals surface area (Å²) >= 11 is 3.52. The van der Waals surface area contributed by atoms with E-state index in [4.69, 9.17) is 9.47 Å². The van der Waals surface area contributed by atoms with Crippen molar-refractivity contribution in [3.63, 3.8) is 0 Å². The first kappa shape index (κ1) is 18.9. The van der Waals surface area contributed by atoms with Gasteiger partial charge in [0.25, 0.3) is 5.91 Å². The number of carbonyl (C=O) groups is 1. The van der Waals surface area contributed by atoms with Crippen LogP contribution >= 0.6 is 15.9 Å². The Balaban J connectivity index is 1.82. The van der Waals surface area contributed by atoms with Crippen molar-refractivity contribution in [1.82, 2.24) is 5.32 Å². The normalized spacial score (nSPS) is 16.1. The predicted octanol–water partition coefficient (Wildman–Crippen LogP) is 4.08. The van der Waals surface area contributed by atoms with Gasteiger partial charge in [-0.15, -0.1) is 0 Å². The monoisotopic (exact) mass is 421 g/mol. The number of hydrogen-bond donors (Lipinski definition) is 1. The molecule has 0 unspecified atom stereocenters. The largest absolute Gasteiger partial charge is 0.496 e. The van der Waals surface area contributed by atoms with Crippen LogP contribution in [-0.2, 0) is 10.2 Å². The molecule has 2 aromatic rings. The number of ether oxygens (including phenoxy) is 2. The molecule has 26 heavy (non-hydrogen) atoms. The summed E-state index contributed by atoms with van der Waals surface area (Å²) in [6.07, 6.45) is 1.62. The quantitative estimate of drug-likeness (QED) is 0.790. The Morgan fingerprint density at radius 3 is 2.73 bits per heavy atom. The fourth-order valence-corrected chi connectivity index (χ4v) is 3.75. The van der Waals surface area contributed by atoms with Gasteiger partial charge in [0.1, 0.15) is 11.6 Å². The molecule has 0 bridgehead atoms. The number of hydrogen-bond acceptors (Lipinski definition) is 3. The molecule has 1 N–H and O–H groups in total. The molecule has 0 saturated carbocycles. The lowest BCUT2D eigenvalue weighted by molar-refractivity contribution is 0.0486. The van der Waals surface area contributed by atoms with E-state index in [0.29, 0.717) is 25.5 Å². The lowest BCUT2D eigenvalue weighted by Crippen LogP contribution is -2.44. The van der Waals surface area contributed by atoms with E-state index in [2.05, 4.69) is 33.4 Å². The van der Waals surface area contributed by atoms with Gasteiger partial charge in [-0.1, -0.05) is 28.1 Å². The average molecular weight is 422 g/mol. The minimum atomic E-state index is -0.469. The fraction of sp³-hybridized carbons (Fsp3) is 0.350. The van der Waals surface area contributed by atoms with E-state index in [1.807, 2.05) is 12.1 Å². The Bertz CT molecular complexity index is 790. The zero-order chi connectivity index (χ0) is 18.6. The van der Waals surface area contributed by atoms with Crippen LogP contribution < -0.4 is 10.1 Å². The van der Waals surface area contributed by atoms with Crippen molar-refractivity contribution in [3.8, 4) is 5.75 Å². The Kier molecular flexibility index (Phi) is 5.94. The van der Waals surface area contributed by atoms with E-state index in [-0.39, 0.29) is 16.9 Å². The van der Waals surface area contributed by atoms with Gasteiger partial charge in [0.15, 0.2) is 0 Å². The third-order valence-corrected chi connectivity index (χ3v) is 5.37. The topological polar surface area (TPSA) is 47.6 Å². The van der Waals surface area contributed by atoms with Crippen LogP contribution in [-0.4, -0.2) is 32.8 Å². The third-order valence-electron chi connectivity index (χ3n) is 4.88. The van der Waals surface area contributed by atoms with Gasteiger partial charge in [-0.3, -0.25) is 4.79 Å². The van der Waals surface area contributed by atoms with Gasteiger partial charge in [0.2, 0.25) is 0 Å². The molecule has 0 aliphatic carbocycles. The van der Waals surface area contributed by atoms with Crippen molar-refractivity contribution in [2.24, 2.45) is 0 Å². The number of amides is 1. The fourth-order valence-electron chi connectivity index (χ4n) is 3.35. The lowest BCUT2D eigenvalue weighted by Gasteiger charge is -2.38. The zero-order valence-electron chi connectivity index (χ0n) is 14.6. The molecule has 0 spiro atoms. The number of methoxy groups -OCH3 is 1. The predicted molar refractivity (Wildman–Crippen MR) is 101 cm³/mol. The molecule has 2 aromatic carbocycles. The Morgan fingerprint density at radius 2 is 2.04 bits per heavy atom. The second kappa shape index (κ2) is 8.18. The van der Waals surface area contributed by atoms with Crippen molar-refractivity contribution in [2.45, 2.75) is 18.3 Å².